The molecule has 1 atom stereocenters. The molecule has 0 bridgehead atoms. The Kier molecular flexibility index (Phi) is 5.83. The van der Waals surface area contributed by atoms with E-state index in [1.807, 2.05) is 13.8 Å². The number of nitrogens with one attached hydrogen (secondary N) is 1. The highest BCUT2D eigenvalue weighted by Gasteiger charge is 2.37. The number of nitro groups is 1. The number of non-ortho nitro benzene ring substituents is 1. The summed E-state index contributed by atoms with van der Waals surface area (Å²) in [5, 5.41) is 14.1. The Morgan fingerprint density at radius 3 is 2.35 bits per heavy atom. The van der Waals surface area contributed by atoms with Gasteiger partial charge in [0.25, 0.3) is 11.2 Å². The van der Waals surface area contributed by atoms with Crippen LogP contribution in [0.15, 0.2) is 45.1 Å². The van der Waals surface area contributed by atoms with E-state index in [1.165, 1.54) is 42.9 Å². The topological polar surface area (TPSA) is 125 Å². The highest BCUT2D eigenvalue weighted by molar-refractivity contribution is 5.94. The minimum absolute atomic E-state index is 0.111. The van der Waals surface area contributed by atoms with Crippen molar-refractivity contribution >= 4 is 17.5 Å². The first-order chi connectivity index (χ1) is 14.5. The molecule has 0 saturated heterocycles. The Bertz CT molecular complexity index is 1200. The second kappa shape index (κ2) is 8.21. The standard InChI is InChI=1S/C21H24N4O6/c1-11(2)10-31-20(27)15-12(3)22-18-17(19(26)24(5)21(28)23(18)4)16(15)13-6-8-14(9-7-13)25(29)30/h6-9,11,16,22H,10H2,1-5H3/t16-/m0/s1. The summed E-state index contributed by atoms with van der Waals surface area (Å²) in [5.41, 5.74) is 0.162. The summed E-state index contributed by atoms with van der Waals surface area (Å²) in [6.45, 7) is 5.67. The lowest BCUT2D eigenvalue weighted by Crippen LogP contribution is -2.43. The van der Waals surface area contributed by atoms with Crippen LogP contribution < -0.4 is 16.6 Å². The zero-order valence-corrected chi connectivity index (χ0v) is 18.0. The highest BCUT2D eigenvalue weighted by atomic mass is 16.6. The Morgan fingerprint density at radius 1 is 1.19 bits per heavy atom. The van der Waals surface area contributed by atoms with E-state index in [4.69, 9.17) is 4.74 Å². The van der Waals surface area contributed by atoms with Crippen molar-refractivity contribution in [2.24, 2.45) is 20.0 Å². The Balaban J connectivity index is 2.27. The molecule has 1 aliphatic heterocycles. The van der Waals surface area contributed by atoms with Crippen molar-refractivity contribution in [3.8, 4) is 0 Å². The molecule has 2 aromatic rings. The maximum atomic E-state index is 13.1. The van der Waals surface area contributed by atoms with Crippen molar-refractivity contribution in [1.82, 2.24) is 9.13 Å². The summed E-state index contributed by atoms with van der Waals surface area (Å²) >= 11 is 0. The van der Waals surface area contributed by atoms with Gasteiger partial charge in [-0.3, -0.25) is 24.0 Å². The average Bonchev–Trinajstić information content (AvgIpc) is 2.73. The number of aromatic nitrogens is 2. The molecule has 1 aromatic heterocycles. The van der Waals surface area contributed by atoms with E-state index in [9.17, 15) is 24.5 Å². The smallest absolute Gasteiger partial charge is 0.336 e. The third-order valence-corrected chi connectivity index (χ3v) is 5.19. The van der Waals surface area contributed by atoms with Gasteiger partial charge in [0, 0.05) is 31.9 Å². The molecule has 2 heterocycles. The molecule has 3 rings (SSSR count). The molecule has 0 fully saturated rings. The van der Waals surface area contributed by atoms with Crippen LogP contribution in [0.4, 0.5) is 11.5 Å². The monoisotopic (exact) mass is 428 g/mol. The van der Waals surface area contributed by atoms with Crippen LogP contribution in [0.5, 0.6) is 0 Å². The number of rotatable bonds is 5. The lowest BCUT2D eigenvalue weighted by atomic mass is 9.82. The lowest BCUT2D eigenvalue weighted by Gasteiger charge is -2.31. The second-order valence-corrected chi connectivity index (χ2v) is 7.91. The van der Waals surface area contributed by atoms with Gasteiger partial charge in [0.1, 0.15) is 5.82 Å². The van der Waals surface area contributed by atoms with Gasteiger partial charge in [-0.25, -0.2) is 9.59 Å². The van der Waals surface area contributed by atoms with Gasteiger partial charge in [0.05, 0.1) is 28.6 Å². The van der Waals surface area contributed by atoms with Crippen LogP contribution in [0.1, 0.15) is 37.8 Å². The first kappa shape index (κ1) is 22.0. The highest BCUT2D eigenvalue weighted by Crippen LogP contribution is 2.40. The molecule has 0 saturated carbocycles. The summed E-state index contributed by atoms with van der Waals surface area (Å²) in [7, 11) is 2.88. The van der Waals surface area contributed by atoms with Gasteiger partial charge in [-0.2, -0.15) is 0 Å². The number of nitro benzene ring substituents is 1. The SMILES string of the molecule is CC1=C(C(=O)OCC(C)C)[C@H](c2ccc([N+](=O)[O-])cc2)c2c(n(C)c(=O)n(C)c2=O)N1. The van der Waals surface area contributed by atoms with Gasteiger partial charge in [-0.15, -0.1) is 0 Å². The quantitative estimate of drug-likeness (QED) is 0.439. The zero-order chi connectivity index (χ0) is 23.0. The first-order valence-electron chi connectivity index (χ1n) is 9.73. The fraction of sp³-hybridized carbons (Fsp3) is 0.381. The molecule has 0 aliphatic carbocycles. The molecule has 10 nitrogen and oxygen atoms in total. The van der Waals surface area contributed by atoms with Crippen molar-refractivity contribution in [2.45, 2.75) is 26.7 Å². The Hall–Kier alpha value is -3.69. The summed E-state index contributed by atoms with van der Waals surface area (Å²) in [6.07, 6.45) is 0. The minimum Gasteiger partial charge on any atom is -0.462 e. The second-order valence-electron chi connectivity index (χ2n) is 7.91. The summed E-state index contributed by atoms with van der Waals surface area (Å²) < 4.78 is 7.71. The van der Waals surface area contributed by atoms with Crippen LogP contribution in [0.2, 0.25) is 0 Å². The predicted molar refractivity (Wildman–Crippen MR) is 114 cm³/mol. The molecule has 0 spiro atoms. The fourth-order valence-electron chi connectivity index (χ4n) is 3.60. The fourth-order valence-corrected chi connectivity index (χ4v) is 3.60. The molecule has 31 heavy (non-hydrogen) atoms. The lowest BCUT2D eigenvalue weighted by molar-refractivity contribution is -0.384. The number of fused-ring (bicyclic) bond motifs is 1. The van der Waals surface area contributed by atoms with Crippen LogP contribution in [-0.4, -0.2) is 26.6 Å². The van der Waals surface area contributed by atoms with E-state index in [1.54, 1.807) is 6.92 Å². The van der Waals surface area contributed by atoms with Gasteiger partial charge < -0.3 is 10.1 Å². The van der Waals surface area contributed by atoms with Crippen molar-refractivity contribution in [1.29, 1.82) is 0 Å². The predicted octanol–water partition coefficient (Wildman–Crippen LogP) is 2.02. The number of nitrogens with zero attached hydrogens (tertiary/aromatic N) is 3. The number of anilines is 1. The number of allylic oxidation sites excluding steroid dienone is 1. The van der Waals surface area contributed by atoms with Crippen molar-refractivity contribution in [3.05, 3.63) is 77.6 Å². The number of carbonyl (C=O) groups is 1. The van der Waals surface area contributed by atoms with E-state index >= 15 is 0 Å². The van der Waals surface area contributed by atoms with Gasteiger partial charge in [0.2, 0.25) is 0 Å². The number of ether oxygens (including phenoxy) is 1. The third-order valence-electron chi connectivity index (χ3n) is 5.19. The molecule has 0 amide bonds. The van der Waals surface area contributed by atoms with E-state index < -0.39 is 28.1 Å². The zero-order valence-electron chi connectivity index (χ0n) is 18.0. The molecule has 164 valence electrons. The van der Waals surface area contributed by atoms with E-state index in [-0.39, 0.29) is 35.2 Å². The number of benzene rings is 1. The number of carbonyl (C=O) groups excluding carboxylic acids is 1. The number of hydrogen-bond acceptors (Lipinski definition) is 7. The van der Waals surface area contributed by atoms with Crippen LogP contribution in [0.3, 0.4) is 0 Å². The first-order valence-corrected chi connectivity index (χ1v) is 9.73. The van der Waals surface area contributed by atoms with Crippen molar-refractivity contribution < 1.29 is 14.5 Å². The number of hydrogen-bond donors (Lipinski definition) is 1. The molecule has 1 aromatic carbocycles. The maximum Gasteiger partial charge on any atom is 0.336 e. The summed E-state index contributed by atoms with van der Waals surface area (Å²) in [4.78, 5) is 49.1. The summed E-state index contributed by atoms with van der Waals surface area (Å²) in [6, 6.07) is 5.64. The van der Waals surface area contributed by atoms with E-state index in [2.05, 4.69) is 5.32 Å². The van der Waals surface area contributed by atoms with Crippen LogP contribution in [0.25, 0.3) is 0 Å². The third kappa shape index (κ3) is 3.88. The largest absolute Gasteiger partial charge is 0.462 e. The molecular weight excluding hydrogens is 404 g/mol. The van der Waals surface area contributed by atoms with E-state index in [0.29, 0.717) is 11.3 Å². The van der Waals surface area contributed by atoms with Gasteiger partial charge in [-0.1, -0.05) is 26.0 Å². The van der Waals surface area contributed by atoms with Crippen LogP contribution >= 0.6 is 0 Å². The molecule has 0 radical (unpaired) electrons. The molecule has 0 unspecified atom stereocenters. The number of esters is 1. The van der Waals surface area contributed by atoms with Crippen LogP contribution in [0, 0.1) is 16.0 Å². The van der Waals surface area contributed by atoms with Crippen molar-refractivity contribution in [2.75, 3.05) is 11.9 Å². The average molecular weight is 428 g/mol. The van der Waals surface area contributed by atoms with Crippen molar-refractivity contribution in [3.63, 3.8) is 0 Å². The van der Waals surface area contributed by atoms with Crippen LogP contribution in [-0.2, 0) is 23.6 Å². The maximum absolute atomic E-state index is 13.1. The molecular formula is C21H24N4O6. The summed E-state index contributed by atoms with van der Waals surface area (Å²) in [5.74, 6) is -1.07. The van der Waals surface area contributed by atoms with Gasteiger partial charge in [0.15, 0.2) is 0 Å². The molecule has 10 heteroatoms. The molecule has 1 N–H and O–H groups in total. The molecule has 1 aliphatic rings. The van der Waals surface area contributed by atoms with Gasteiger partial charge >= 0.3 is 11.7 Å². The van der Waals surface area contributed by atoms with Gasteiger partial charge in [-0.05, 0) is 18.4 Å². The van der Waals surface area contributed by atoms with E-state index in [0.717, 1.165) is 4.57 Å². The minimum atomic E-state index is -0.859. The Morgan fingerprint density at radius 2 is 1.81 bits per heavy atom. The Labute approximate surface area is 177 Å². The normalized spacial score (nSPS) is 15.5.